The second-order valence-corrected chi connectivity index (χ2v) is 6.53. The summed E-state index contributed by atoms with van der Waals surface area (Å²) in [5.41, 5.74) is 0.953. The number of rotatable bonds is 5. The third-order valence-corrected chi connectivity index (χ3v) is 4.84. The van der Waals surface area contributed by atoms with Crippen molar-refractivity contribution in [3.63, 3.8) is 0 Å². The van der Waals surface area contributed by atoms with E-state index in [1.54, 1.807) is 6.07 Å². The zero-order valence-corrected chi connectivity index (χ0v) is 13.2. The van der Waals surface area contributed by atoms with Gasteiger partial charge in [-0.05, 0) is 62.1 Å². The maximum atomic E-state index is 13.6. The molecular formula is C17H25ClFN. The predicted molar refractivity (Wildman–Crippen MR) is 83.7 cm³/mol. The van der Waals surface area contributed by atoms with Crippen molar-refractivity contribution in [1.82, 2.24) is 5.32 Å². The summed E-state index contributed by atoms with van der Waals surface area (Å²) in [5, 5.41) is 3.96. The molecule has 3 heteroatoms. The van der Waals surface area contributed by atoms with Crippen LogP contribution in [0.1, 0.15) is 45.1 Å². The van der Waals surface area contributed by atoms with Crippen LogP contribution in [0.4, 0.5) is 4.39 Å². The summed E-state index contributed by atoms with van der Waals surface area (Å²) in [6.45, 7) is 5.57. The van der Waals surface area contributed by atoms with Crippen molar-refractivity contribution in [3.8, 4) is 0 Å². The van der Waals surface area contributed by atoms with E-state index in [0.29, 0.717) is 17.0 Å². The van der Waals surface area contributed by atoms with Crippen molar-refractivity contribution >= 4 is 11.6 Å². The van der Waals surface area contributed by atoms with Gasteiger partial charge in [-0.15, -0.1) is 0 Å². The third-order valence-electron chi connectivity index (χ3n) is 4.41. The maximum Gasteiger partial charge on any atom is 0.142 e. The molecule has 0 spiro atoms. The first-order chi connectivity index (χ1) is 9.61. The highest BCUT2D eigenvalue weighted by atomic mass is 35.5. The molecule has 3 atom stereocenters. The van der Waals surface area contributed by atoms with Crippen molar-refractivity contribution in [1.29, 1.82) is 0 Å². The Labute approximate surface area is 126 Å². The molecule has 1 saturated carbocycles. The highest BCUT2D eigenvalue weighted by molar-refractivity contribution is 6.31. The van der Waals surface area contributed by atoms with Crippen LogP contribution in [-0.4, -0.2) is 12.6 Å². The minimum Gasteiger partial charge on any atom is -0.314 e. The van der Waals surface area contributed by atoms with E-state index in [1.807, 2.05) is 6.07 Å². The Balaban J connectivity index is 2.08. The molecule has 2 rings (SSSR count). The molecule has 1 aliphatic carbocycles. The Morgan fingerprint density at radius 1 is 1.35 bits per heavy atom. The van der Waals surface area contributed by atoms with Gasteiger partial charge in [0, 0.05) is 6.04 Å². The molecule has 1 nitrogen and oxygen atoms in total. The lowest BCUT2D eigenvalue weighted by Gasteiger charge is -2.36. The number of benzene rings is 1. The van der Waals surface area contributed by atoms with Crippen molar-refractivity contribution in [2.45, 2.75) is 52.0 Å². The Morgan fingerprint density at radius 2 is 2.15 bits per heavy atom. The first-order valence-corrected chi connectivity index (χ1v) is 8.15. The summed E-state index contributed by atoms with van der Waals surface area (Å²) < 4.78 is 13.6. The first kappa shape index (κ1) is 15.8. The third kappa shape index (κ3) is 3.95. The van der Waals surface area contributed by atoms with Gasteiger partial charge in [0.15, 0.2) is 0 Å². The summed E-state index contributed by atoms with van der Waals surface area (Å²) in [6, 6.07) is 5.70. The monoisotopic (exact) mass is 297 g/mol. The van der Waals surface area contributed by atoms with Crippen molar-refractivity contribution in [2.24, 2.45) is 11.8 Å². The molecule has 3 unspecified atom stereocenters. The Hall–Kier alpha value is -0.600. The van der Waals surface area contributed by atoms with Crippen LogP contribution < -0.4 is 5.32 Å². The summed E-state index contributed by atoms with van der Waals surface area (Å²) in [7, 11) is 0. The summed E-state index contributed by atoms with van der Waals surface area (Å²) in [6.07, 6.45) is 5.74. The molecule has 1 aromatic rings. The summed E-state index contributed by atoms with van der Waals surface area (Å²) in [4.78, 5) is 0. The molecule has 0 bridgehead atoms. The zero-order chi connectivity index (χ0) is 14.5. The first-order valence-electron chi connectivity index (χ1n) is 7.78. The molecule has 1 aliphatic rings. The minimum atomic E-state index is -0.300. The summed E-state index contributed by atoms with van der Waals surface area (Å²) >= 11 is 6.11. The highest BCUT2D eigenvalue weighted by Crippen LogP contribution is 2.33. The standard InChI is InChI=1S/C17H25ClFN/c1-3-9-20-16-8-7-12(2)10-14(16)11-13-5-4-6-15(19)17(13)18/h4-6,12,14,16,20H,3,7-11H2,1-2H3. The lowest BCUT2D eigenvalue weighted by atomic mass is 9.76. The fraction of sp³-hybridized carbons (Fsp3) is 0.647. The van der Waals surface area contributed by atoms with Gasteiger partial charge in [-0.1, -0.05) is 37.6 Å². The fourth-order valence-electron chi connectivity index (χ4n) is 3.31. The number of hydrogen-bond acceptors (Lipinski definition) is 1. The smallest absolute Gasteiger partial charge is 0.142 e. The van der Waals surface area contributed by atoms with Gasteiger partial charge in [-0.2, -0.15) is 0 Å². The van der Waals surface area contributed by atoms with E-state index in [9.17, 15) is 4.39 Å². The van der Waals surface area contributed by atoms with Gasteiger partial charge in [-0.25, -0.2) is 4.39 Å². The highest BCUT2D eigenvalue weighted by Gasteiger charge is 2.28. The molecule has 20 heavy (non-hydrogen) atoms. The van der Waals surface area contributed by atoms with Gasteiger partial charge in [0.25, 0.3) is 0 Å². The quantitative estimate of drug-likeness (QED) is 0.821. The average Bonchev–Trinajstić information content (AvgIpc) is 2.43. The molecule has 0 heterocycles. The second-order valence-electron chi connectivity index (χ2n) is 6.16. The van der Waals surface area contributed by atoms with Crippen LogP contribution >= 0.6 is 11.6 Å². The lowest BCUT2D eigenvalue weighted by Crippen LogP contribution is -2.41. The van der Waals surface area contributed by atoms with Gasteiger partial charge in [-0.3, -0.25) is 0 Å². The van der Waals surface area contributed by atoms with E-state index in [1.165, 1.54) is 25.3 Å². The van der Waals surface area contributed by atoms with Gasteiger partial charge in [0.1, 0.15) is 5.82 Å². The second kappa shape index (κ2) is 7.42. The Morgan fingerprint density at radius 3 is 2.90 bits per heavy atom. The lowest BCUT2D eigenvalue weighted by molar-refractivity contribution is 0.212. The van der Waals surface area contributed by atoms with E-state index >= 15 is 0 Å². The van der Waals surface area contributed by atoms with Crippen molar-refractivity contribution < 1.29 is 4.39 Å². The van der Waals surface area contributed by atoms with Crippen molar-refractivity contribution in [2.75, 3.05) is 6.54 Å². The molecule has 1 fully saturated rings. The van der Waals surface area contributed by atoms with Gasteiger partial charge in [0.2, 0.25) is 0 Å². The number of hydrogen-bond donors (Lipinski definition) is 1. The normalized spacial score (nSPS) is 26.7. The minimum absolute atomic E-state index is 0.300. The van der Waals surface area contributed by atoms with E-state index in [0.717, 1.165) is 30.9 Å². The number of halogens is 2. The SMILES string of the molecule is CCCNC1CCC(C)CC1Cc1cccc(F)c1Cl. The van der Waals surface area contributed by atoms with Crippen LogP contribution in [0.3, 0.4) is 0 Å². The van der Waals surface area contributed by atoms with E-state index < -0.39 is 0 Å². The van der Waals surface area contributed by atoms with E-state index in [4.69, 9.17) is 11.6 Å². The van der Waals surface area contributed by atoms with Crippen molar-refractivity contribution in [3.05, 3.63) is 34.6 Å². The molecule has 0 aliphatic heterocycles. The molecule has 0 radical (unpaired) electrons. The van der Waals surface area contributed by atoms with E-state index in [2.05, 4.69) is 19.2 Å². The summed E-state index contributed by atoms with van der Waals surface area (Å²) in [5.74, 6) is 1.02. The fourth-order valence-corrected chi connectivity index (χ4v) is 3.51. The average molecular weight is 298 g/mol. The maximum absolute atomic E-state index is 13.6. The van der Waals surface area contributed by atoms with Crippen LogP contribution in [0.15, 0.2) is 18.2 Å². The largest absolute Gasteiger partial charge is 0.314 e. The molecule has 1 N–H and O–H groups in total. The molecular weight excluding hydrogens is 273 g/mol. The van der Waals surface area contributed by atoms with Crippen LogP contribution in [0.25, 0.3) is 0 Å². The van der Waals surface area contributed by atoms with Gasteiger partial charge < -0.3 is 5.32 Å². The van der Waals surface area contributed by atoms with Crippen LogP contribution in [0.5, 0.6) is 0 Å². The Bertz CT molecular complexity index is 433. The molecule has 112 valence electrons. The molecule has 0 amide bonds. The van der Waals surface area contributed by atoms with Gasteiger partial charge >= 0.3 is 0 Å². The molecule has 0 aromatic heterocycles. The van der Waals surface area contributed by atoms with Crippen LogP contribution in [0, 0.1) is 17.7 Å². The molecule has 1 aromatic carbocycles. The van der Waals surface area contributed by atoms with Gasteiger partial charge in [0.05, 0.1) is 5.02 Å². The predicted octanol–water partition coefficient (Wildman–Crippen LogP) is 4.83. The molecule has 0 saturated heterocycles. The van der Waals surface area contributed by atoms with Crippen LogP contribution in [-0.2, 0) is 6.42 Å². The zero-order valence-electron chi connectivity index (χ0n) is 12.5. The number of nitrogens with one attached hydrogen (secondary N) is 1. The van der Waals surface area contributed by atoms with E-state index in [-0.39, 0.29) is 5.82 Å². The topological polar surface area (TPSA) is 12.0 Å². The Kier molecular flexibility index (Phi) is 5.86. The van der Waals surface area contributed by atoms with Crippen LogP contribution in [0.2, 0.25) is 5.02 Å².